The van der Waals surface area contributed by atoms with Crippen LogP contribution in [0.1, 0.15) is 31.9 Å². The van der Waals surface area contributed by atoms with Crippen molar-refractivity contribution >= 4 is 0 Å². The van der Waals surface area contributed by atoms with E-state index in [2.05, 4.69) is 50.4 Å². The van der Waals surface area contributed by atoms with Crippen LogP contribution in [0.4, 0.5) is 4.39 Å². The minimum atomic E-state index is -0.183. The Morgan fingerprint density at radius 2 is 1.62 bits per heavy atom. The Balaban J connectivity index is 2.25. The second kappa shape index (κ2) is 6.86. The van der Waals surface area contributed by atoms with Crippen molar-refractivity contribution in [2.24, 2.45) is 0 Å². The molecule has 2 aromatic carbocycles. The number of halogens is 1. The summed E-state index contributed by atoms with van der Waals surface area (Å²) in [6.07, 6.45) is 0.957. The van der Waals surface area contributed by atoms with Gasteiger partial charge in [-0.15, -0.1) is 0 Å². The molecule has 0 saturated heterocycles. The van der Waals surface area contributed by atoms with E-state index in [-0.39, 0.29) is 11.2 Å². The fourth-order valence-electron chi connectivity index (χ4n) is 2.76. The summed E-state index contributed by atoms with van der Waals surface area (Å²) in [7, 11) is 0. The monoisotopic (exact) mass is 285 g/mol. The average molecular weight is 285 g/mol. The molecule has 0 radical (unpaired) electrons. The molecule has 0 saturated carbocycles. The first-order valence-corrected chi connectivity index (χ1v) is 7.57. The third kappa shape index (κ3) is 3.92. The fourth-order valence-corrected chi connectivity index (χ4v) is 2.76. The topological polar surface area (TPSA) is 12.0 Å². The molecule has 0 heterocycles. The lowest BCUT2D eigenvalue weighted by Crippen LogP contribution is -2.46. The molecule has 21 heavy (non-hydrogen) atoms. The van der Waals surface area contributed by atoms with Gasteiger partial charge in [0.25, 0.3) is 0 Å². The van der Waals surface area contributed by atoms with Crippen LogP contribution in [0.15, 0.2) is 54.6 Å². The number of rotatable bonds is 6. The van der Waals surface area contributed by atoms with E-state index in [1.165, 1.54) is 5.56 Å². The Kier molecular flexibility index (Phi) is 5.13. The minimum absolute atomic E-state index is 0.0699. The first-order chi connectivity index (χ1) is 10.0. The van der Waals surface area contributed by atoms with Gasteiger partial charge in [-0.25, -0.2) is 4.39 Å². The van der Waals surface area contributed by atoms with Gasteiger partial charge < -0.3 is 5.32 Å². The zero-order valence-electron chi connectivity index (χ0n) is 13.1. The van der Waals surface area contributed by atoms with Gasteiger partial charge in [0.1, 0.15) is 5.82 Å². The summed E-state index contributed by atoms with van der Waals surface area (Å²) in [4.78, 5) is 0. The largest absolute Gasteiger partial charge is 0.313 e. The molecule has 0 aliphatic carbocycles. The fraction of sp³-hybridized carbons (Fsp3) is 0.368. The SMILES string of the molecule is CCNC(Cc1ccccc1)C(C)(C)c1ccc(F)cc1. The van der Waals surface area contributed by atoms with Gasteiger partial charge in [-0.05, 0) is 36.2 Å². The first-order valence-electron chi connectivity index (χ1n) is 7.57. The molecule has 1 nitrogen and oxygen atoms in total. The molecular weight excluding hydrogens is 261 g/mol. The van der Waals surface area contributed by atoms with Crippen LogP contribution >= 0.6 is 0 Å². The molecular formula is C19H24FN. The maximum Gasteiger partial charge on any atom is 0.123 e. The molecule has 0 bridgehead atoms. The van der Waals surface area contributed by atoms with Crippen LogP contribution in [0.3, 0.4) is 0 Å². The van der Waals surface area contributed by atoms with Crippen molar-refractivity contribution < 1.29 is 4.39 Å². The van der Waals surface area contributed by atoms with E-state index in [9.17, 15) is 4.39 Å². The molecule has 2 heteroatoms. The van der Waals surface area contributed by atoms with E-state index < -0.39 is 0 Å². The van der Waals surface area contributed by atoms with Crippen LogP contribution in [0, 0.1) is 5.82 Å². The Hall–Kier alpha value is -1.67. The molecule has 1 N–H and O–H groups in total. The van der Waals surface area contributed by atoms with Gasteiger partial charge in [-0.3, -0.25) is 0 Å². The first kappa shape index (κ1) is 15.7. The Labute approximate surface area is 127 Å². The number of hydrogen-bond acceptors (Lipinski definition) is 1. The summed E-state index contributed by atoms with van der Waals surface area (Å²) < 4.78 is 13.2. The van der Waals surface area contributed by atoms with E-state index in [0.717, 1.165) is 18.5 Å². The van der Waals surface area contributed by atoms with E-state index in [1.54, 1.807) is 12.1 Å². The smallest absolute Gasteiger partial charge is 0.123 e. The van der Waals surface area contributed by atoms with Crippen molar-refractivity contribution in [3.8, 4) is 0 Å². The molecule has 112 valence electrons. The predicted molar refractivity (Wildman–Crippen MR) is 87.0 cm³/mol. The second-order valence-electron chi connectivity index (χ2n) is 6.03. The van der Waals surface area contributed by atoms with E-state index in [4.69, 9.17) is 0 Å². The van der Waals surface area contributed by atoms with Gasteiger partial charge in [-0.2, -0.15) is 0 Å². The van der Waals surface area contributed by atoms with Crippen LogP contribution in [-0.4, -0.2) is 12.6 Å². The number of benzene rings is 2. The van der Waals surface area contributed by atoms with Crippen molar-refractivity contribution in [3.63, 3.8) is 0 Å². The third-order valence-electron chi connectivity index (χ3n) is 4.19. The Morgan fingerprint density at radius 1 is 1.00 bits per heavy atom. The molecule has 0 spiro atoms. The predicted octanol–water partition coefficient (Wildman–Crippen LogP) is 4.32. The van der Waals surface area contributed by atoms with Crippen LogP contribution < -0.4 is 5.32 Å². The molecule has 1 atom stereocenters. The summed E-state index contributed by atoms with van der Waals surface area (Å²) in [6, 6.07) is 17.7. The van der Waals surface area contributed by atoms with E-state index in [1.807, 2.05) is 18.2 Å². The van der Waals surface area contributed by atoms with Gasteiger partial charge in [-0.1, -0.05) is 63.2 Å². The highest BCUT2D eigenvalue weighted by Gasteiger charge is 2.30. The van der Waals surface area contributed by atoms with Crippen molar-refractivity contribution in [1.29, 1.82) is 0 Å². The quantitative estimate of drug-likeness (QED) is 0.833. The van der Waals surface area contributed by atoms with Gasteiger partial charge in [0.15, 0.2) is 0 Å². The average Bonchev–Trinajstić information content (AvgIpc) is 2.48. The Bertz CT molecular complexity index is 546. The molecule has 0 amide bonds. The maximum absolute atomic E-state index is 13.2. The highest BCUT2D eigenvalue weighted by Crippen LogP contribution is 2.29. The van der Waals surface area contributed by atoms with E-state index >= 15 is 0 Å². The van der Waals surface area contributed by atoms with Crippen LogP contribution in [0.25, 0.3) is 0 Å². The summed E-state index contributed by atoms with van der Waals surface area (Å²) >= 11 is 0. The maximum atomic E-state index is 13.2. The molecule has 2 rings (SSSR count). The van der Waals surface area contributed by atoms with E-state index in [0.29, 0.717) is 6.04 Å². The van der Waals surface area contributed by atoms with Crippen molar-refractivity contribution in [2.45, 2.75) is 38.6 Å². The van der Waals surface area contributed by atoms with Crippen LogP contribution in [-0.2, 0) is 11.8 Å². The van der Waals surface area contributed by atoms with Crippen molar-refractivity contribution in [2.75, 3.05) is 6.54 Å². The number of hydrogen-bond donors (Lipinski definition) is 1. The number of nitrogens with one attached hydrogen (secondary N) is 1. The van der Waals surface area contributed by atoms with Gasteiger partial charge in [0, 0.05) is 11.5 Å². The highest BCUT2D eigenvalue weighted by atomic mass is 19.1. The summed E-state index contributed by atoms with van der Waals surface area (Å²) in [6.45, 7) is 7.48. The highest BCUT2D eigenvalue weighted by molar-refractivity contribution is 5.28. The van der Waals surface area contributed by atoms with Crippen LogP contribution in [0.2, 0.25) is 0 Å². The summed E-state index contributed by atoms with van der Waals surface area (Å²) in [5, 5.41) is 3.59. The molecule has 0 fully saturated rings. The van der Waals surface area contributed by atoms with Crippen molar-refractivity contribution in [3.05, 3.63) is 71.5 Å². The minimum Gasteiger partial charge on any atom is -0.313 e. The van der Waals surface area contributed by atoms with Crippen molar-refractivity contribution in [1.82, 2.24) is 5.32 Å². The molecule has 2 aromatic rings. The zero-order valence-corrected chi connectivity index (χ0v) is 13.1. The third-order valence-corrected chi connectivity index (χ3v) is 4.19. The number of likely N-dealkylation sites (N-methyl/N-ethyl adjacent to an activating group) is 1. The van der Waals surface area contributed by atoms with Gasteiger partial charge in [0.05, 0.1) is 0 Å². The van der Waals surface area contributed by atoms with Gasteiger partial charge >= 0.3 is 0 Å². The summed E-state index contributed by atoms with van der Waals surface area (Å²) in [5.41, 5.74) is 2.41. The molecule has 0 aromatic heterocycles. The van der Waals surface area contributed by atoms with Crippen LogP contribution in [0.5, 0.6) is 0 Å². The zero-order chi connectivity index (χ0) is 15.3. The molecule has 0 aliphatic rings. The molecule has 0 aliphatic heterocycles. The lowest BCUT2D eigenvalue weighted by molar-refractivity contribution is 0.342. The lowest BCUT2D eigenvalue weighted by atomic mass is 9.75. The lowest BCUT2D eigenvalue weighted by Gasteiger charge is -2.36. The normalized spacial score (nSPS) is 13.1. The second-order valence-corrected chi connectivity index (χ2v) is 6.03. The standard InChI is InChI=1S/C19H24FN/c1-4-21-18(14-15-8-6-5-7-9-15)19(2,3)16-10-12-17(20)13-11-16/h5-13,18,21H,4,14H2,1-3H3. The van der Waals surface area contributed by atoms with Gasteiger partial charge in [0.2, 0.25) is 0 Å². The summed E-state index contributed by atoms with van der Waals surface area (Å²) in [5.74, 6) is -0.183. The Morgan fingerprint density at radius 3 is 2.19 bits per heavy atom. The molecule has 1 unspecified atom stereocenters.